The summed E-state index contributed by atoms with van der Waals surface area (Å²) in [6, 6.07) is 6.05. The molecule has 112 valence electrons. The smallest absolute Gasteiger partial charge is 0.306 e. The van der Waals surface area contributed by atoms with Crippen LogP contribution in [-0.2, 0) is 9.53 Å². The van der Waals surface area contributed by atoms with Crippen LogP contribution in [0.2, 0.25) is 0 Å². The first-order chi connectivity index (χ1) is 9.97. The number of hydrogen-bond donors (Lipinski definition) is 2. The van der Waals surface area contributed by atoms with E-state index in [2.05, 4.69) is 0 Å². The summed E-state index contributed by atoms with van der Waals surface area (Å²) in [7, 11) is 0. The molecule has 1 fully saturated rings. The molecule has 7 heteroatoms. The fourth-order valence-electron chi connectivity index (χ4n) is 2.18. The van der Waals surface area contributed by atoms with Crippen molar-refractivity contribution >= 4 is 17.8 Å². The van der Waals surface area contributed by atoms with E-state index in [1.54, 1.807) is 4.90 Å². The van der Waals surface area contributed by atoms with Crippen molar-refractivity contribution in [3.8, 4) is 0 Å². The van der Waals surface area contributed by atoms with Gasteiger partial charge < -0.3 is 20.5 Å². The Morgan fingerprint density at radius 2 is 1.86 bits per heavy atom. The Balaban J connectivity index is 2.04. The second-order valence-electron chi connectivity index (χ2n) is 4.78. The molecule has 1 aliphatic heterocycles. The number of morpholine rings is 1. The van der Waals surface area contributed by atoms with E-state index in [-0.39, 0.29) is 18.9 Å². The molecule has 0 aromatic heterocycles. The molecule has 1 atom stereocenters. The van der Waals surface area contributed by atoms with Crippen molar-refractivity contribution in [3.05, 3.63) is 35.4 Å². The molecule has 1 saturated heterocycles. The number of carboxylic acids is 1. The number of aliphatic carboxylic acids is 1. The van der Waals surface area contributed by atoms with E-state index in [1.165, 1.54) is 24.3 Å². The van der Waals surface area contributed by atoms with Gasteiger partial charge in [0.15, 0.2) is 0 Å². The minimum absolute atomic E-state index is 0.135. The number of rotatable bonds is 4. The van der Waals surface area contributed by atoms with Crippen LogP contribution in [0.1, 0.15) is 27.1 Å². The number of benzene rings is 1. The van der Waals surface area contributed by atoms with Gasteiger partial charge in [-0.1, -0.05) is 0 Å². The van der Waals surface area contributed by atoms with Crippen molar-refractivity contribution in [2.45, 2.75) is 12.5 Å². The average Bonchev–Trinajstić information content (AvgIpc) is 2.46. The average molecular weight is 292 g/mol. The molecule has 1 aromatic rings. The maximum atomic E-state index is 12.3. The zero-order valence-electron chi connectivity index (χ0n) is 11.3. The third-order valence-electron chi connectivity index (χ3n) is 3.24. The van der Waals surface area contributed by atoms with E-state index in [0.717, 1.165) is 0 Å². The number of nitrogens with two attached hydrogens (primary N) is 1. The molecule has 21 heavy (non-hydrogen) atoms. The molecular formula is C14H16N2O5. The van der Waals surface area contributed by atoms with Crippen LogP contribution < -0.4 is 5.73 Å². The number of primary amides is 1. The molecule has 7 nitrogen and oxygen atoms in total. The predicted molar refractivity (Wildman–Crippen MR) is 72.9 cm³/mol. The van der Waals surface area contributed by atoms with E-state index in [9.17, 15) is 14.4 Å². The lowest BCUT2D eigenvalue weighted by atomic mass is 10.1. The summed E-state index contributed by atoms with van der Waals surface area (Å²) < 4.78 is 5.32. The molecule has 1 aromatic carbocycles. The van der Waals surface area contributed by atoms with Crippen molar-refractivity contribution in [2.75, 3.05) is 19.7 Å². The summed E-state index contributed by atoms with van der Waals surface area (Å²) in [5.74, 6) is -1.73. The highest BCUT2D eigenvalue weighted by molar-refractivity contribution is 5.97. The van der Waals surface area contributed by atoms with Gasteiger partial charge in [-0.05, 0) is 24.3 Å². The minimum Gasteiger partial charge on any atom is -0.481 e. The van der Waals surface area contributed by atoms with Gasteiger partial charge in [0.1, 0.15) is 0 Å². The molecule has 3 N–H and O–H groups in total. The number of hydrogen-bond acceptors (Lipinski definition) is 4. The monoisotopic (exact) mass is 292 g/mol. The first-order valence-corrected chi connectivity index (χ1v) is 6.50. The number of carbonyl (C=O) groups excluding carboxylic acids is 2. The third-order valence-corrected chi connectivity index (χ3v) is 3.24. The molecule has 1 heterocycles. The molecule has 1 aliphatic rings. The summed E-state index contributed by atoms with van der Waals surface area (Å²) in [6.07, 6.45) is -0.630. The van der Waals surface area contributed by atoms with Crippen LogP contribution in [0, 0.1) is 0 Å². The molecule has 0 saturated carbocycles. The van der Waals surface area contributed by atoms with E-state index in [1.807, 2.05) is 0 Å². The van der Waals surface area contributed by atoms with Gasteiger partial charge in [-0.3, -0.25) is 14.4 Å². The summed E-state index contributed by atoms with van der Waals surface area (Å²) in [5.41, 5.74) is 5.90. The molecular weight excluding hydrogens is 276 g/mol. The highest BCUT2D eigenvalue weighted by Crippen LogP contribution is 2.13. The largest absolute Gasteiger partial charge is 0.481 e. The fourth-order valence-corrected chi connectivity index (χ4v) is 2.18. The maximum absolute atomic E-state index is 12.3. The van der Waals surface area contributed by atoms with Gasteiger partial charge in [0.25, 0.3) is 5.91 Å². The van der Waals surface area contributed by atoms with Crippen molar-refractivity contribution < 1.29 is 24.2 Å². The number of carboxylic acid groups (broad SMARTS) is 1. The molecule has 2 amide bonds. The van der Waals surface area contributed by atoms with E-state index >= 15 is 0 Å². The van der Waals surface area contributed by atoms with Gasteiger partial charge in [0.05, 0.1) is 19.1 Å². The molecule has 1 unspecified atom stereocenters. The topological polar surface area (TPSA) is 110 Å². The fraction of sp³-hybridized carbons (Fsp3) is 0.357. The van der Waals surface area contributed by atoms with E-state index in [4.69, 9.17) is 15.6 Å². The normalized spacial score (nSPS) is 18.3. The SMILES string of the molecule is NC(=O)c1ccc(C(=O)N2CCOC(CC(=O)O)C2)cc1. The van der Waals surface area contributed by atoms with Crippen molar-refractivity contribution in [1.82, 2.24) is 4.90 Å². The summed E-state index contributed by atoms with van der Waals surface area (Å²) in [5, 5.41) is 8.76. The standard InChI is InChI=1S/C14H16N2O5/c15-13(19)9-1-3-10(4-2-9)14(20)16-5-6-21-11(8-16)7-12(17)18/h1-4,11H,5-8H2,(H2,15,19)(H,17,18). The zero-order chi connectivity index (χ0) is 15.4. The lowest BCUT2D eigenvalue weighted by Gasteiger charge is -2.32. The van der Waals surface area contributed by atoms with Crippen molar-refractivity contribution in [3.63, 3.8) is 0 Å². The number of ether oxygens (including phenoxy) is 1. The Bertz CT molecular complexity index is 555. The Morgan fingerprint density at radius 1 is 1.24 bits per heavy atom. The summed E-state index contributed by atoms with van der Waals surface area (Å²) in [6.45, 7) is 0.957. The van der Waals surface area contributed by atoms with E-state index < -0.39 is 18.0 Å². The number of nitrogens with zero attached hydrogens (tertiary/aromatic N) is 1. The lowest BCUT2D eigenvalue weighted by molar-refractivity contribution is -0.141. The molecule has 0 aliphatic carbocycles. The molecule has 2 rings (SSSR count). The highest BCUT2D eigenvalue weighted by Gasteiger charge is 2.26. The highest BCUT2D eigenvalue weighted by atomic mass is 16.5. The predicted octanol–water partition coefficient (Wildman–Crippen LogP) is 0.101. The van der Waals surface area contributed by atoms with Crippen LogP contribution in [0.5, 0.6) is 0 Å². The van der Waals surface area contributed by atoms with Crippen molar-refractivity contribution in [1.29, 1.82) is 0 Å². The first kappa shape index (κ1) is 15.0. The second-order valence-corrected chi connectivity index (χ2v) is 4.78. The molecule has 0 radical (unpaired) electrons. The Kier molecular flexibility index (Phi) is 4.54. The lowest BCUT2D eigenvalue weighted by Crippen LogP contribution is -2.46. The van der Waals surface area contributed by atoms with Crippen LogP contribution in [0.15, 0.2) is 24.3 Å². The van der Waals surface area contributed by atoms with E-state index in [0.29, 0.717) is 24.3 Å². The summed E-state index contributed by atoms with van der Waals surface area (Å²) >= 11 is 0. The number of carbonyl (C=O) groups is 3. The van der Waals surface area contributed by atoms with Gasteiger partial charge in [-0.15, -0.1) is 0 Å². The first-order valence-electron chi connectivity index (χ1n) is 6.50. The van der Waals surface area contributed by atoms with Crippen LogP contribution in [-0.4, -0.2) is 53.6 Å². The van der Waals surface area contributed by atoms with Crippen molar-refractivity contribution in [2.24, 2.45) is 5.73 Å². The quantitative estimate of drug-likeness (QED) is 0.818. The van der Waals surface area contributed by atoms with Gasteiger partial charge in [-0.2, -0.15) is 0 Å². The molecule has 0 spiro atoms. The van der Waals surface area contributed by atoms with Gasteiger partial charge in [0, 0.05) is 24.2 Å². The summed E-state index contributed by atoms with van der Waals surface area (Å²) in [4.78, 5) is 35.5. The van der Waals surface area contributed by atoms with Crippen LogP contribution in [0.4, 0.5) is 0 Å². The van der Waals surface area contributed by atoms with Crippen LogP contribution in [0.25, 0.3) is 0 Å². The Labute approximate surface area is 121 Å². The molecule has 0 bridgehead atoms. The maximum Gasteiger partial charge on any atom is 0.306 e. The van der Waals surface area contributed by atoms with Gasteiger partial charge >= 0.3 is 5.97 Å². The Hall–Kier alpha value is -2.41. The van der Waals surface area contributed by atoms with Gasteiger partial charge in [0.2, 0.25) is 5.91 Å². The zero-order valence-corrected chi connectivity index (χ0v) is 11.3. The third kappa shape index (κ3) is 3.79. The Morgan fingerprint density at radius 3 is 2.43 bits per heavy atom. The van der Waals surface area contributed by atoms with Gasteiger partial charge in [-0.25, -0.2) is 0 Å². The minimum atomic E-state index is -0.958. The second kappa shape index (κ2) is 6.36. The number of amides is 2. The van der Waals surface area contributed by atoms with Crippen LogP contribution in [0.3, 0.4) is 0 Å². The van der Waals surface area contributed by atoms with Crippen LogP contribution >= 0.6 is 0 Å².